The fraction of sp³-hybridized carbons (Fsp3) is 0.667. The van der Waals surface area contributed by atoms with Crippen LogP contribution in [0.3, 0.4) is 0 Å². The highest BCUT2D eigenvalue weighted by molar-refractivity contribution is 7.98. The Morgan fingerprint density at radius 3 is 1.89 bits per heavy atom. The van der Waals surface area contributed by atoms with Gasteiger partial charge < -0.3 is 18.9 Å². The van der Waals surface area contributed by atoms with E-state index >= 15 is 0 Å². The molecule has 27 heavy (non-hydrogen) atoms. The molecule has 0 amide bonds. The maximum absolute atomic E-state index is 11.7. The molecular formula is C18H28O8S. The molecule has 154 valence electrons. The van der Waals surface area contributed by atoms with Crippen LogP contribution in [0.4, 0.5) is 0 Å². The molecule has 0 radical (unpaired) electrons. The van der Waals surface area contributed by atoms with Crippen LogP contribution in [0, 0.1) is 0 Å². The zero-order chi connectivity index (χ0) is 20.9. The van der Waals surface area contributed by atoms with E-state index in [9.17, 15) is 19.2 Å². The molecule has 0 rings (SSSR count). The molecule has 8 nitrogen and oxygen atoms in total. The Bertz CT molecular complexity index is 541. The normalized spacial score (nSPS) is 10.7. The summed E-state index contributed by atoms with van der Waals surface area (Å²) in [4.78, 5) is 45.8. The maximum atomic E-state index is 11.7. The Balaban J connectivity index is 3.81. The monoisotopic (exact) mass is 404 g/mol. The SMILES string of the molecule is C=C(C)C(=O)OCCOC(=O)CCC(=O)OCCC(=O)OC(C)(C)CSC. The number of thioether (sulfide) groups is 1. The van der Waals surface area contributed by atoms with Gasteiger partial charge in [-0.3, -0.25) is 14.4 Å². The lowest BCUT2D eigenvalue weighted by atomic mass is 10.2. The summed E-state index contributed by atoms with van der Waals surface area (Å²) in [6.07, 6.45) is 1.52. The Morgan fingerprint density at radius 1 is 0.852 bits per heavy atom. The standard InChI is InChI=1S/C18H28O8S/c1-13(2)17(22)25-11-10-24-15(20)7-6-14(19)23-9-8-16(21)26-18(3,4)12-27-5/h1,6-12H2,2-5H3. The van der Waals surface area contributed by atoms with E-state index in [1.165, 1.54) is 6.92 Å². The van der Waals surface area contributed by atoms with Crippen molar-refractivity contribution in [1.82, 2.24) is 0 Å². The van der Waals surface area contributed by atoms with E-state index in [0.717, 1.165) is 0 Å². The molecule has 0 aliphatic heterocycles. The van der Waals surface area contributed by atoms with Gasteiger partial charge in [0.1, 0.15) is 25.4 Å². The van der Waals surface area contributed by atoms with E-state index in [1.54, 1.807) is 25.6 Å². The van der Waals surface area contributed by atoms with Gasteiger partial charge in [0.25, 0.3) is 0 Å². The van der Waals surface area contributed by atoms with Crippen LogP contribution < -0.4 is 0 Å². The van der Waals surface area contributed by atoms with Crippen LogP contribution in [-0.2, 0) is 38.1 Å². The van der Waals surface area contributed by atoms with Crippen LogP contribution in [0.5, 0.6) is 0 Å². The van der Waals surface area contributed by atoms with Crippen molar-refractivity contribution in [3.63, 3.8) is 0 Å². The second-order valence-corrected chi connectivity index (χ2v) is 7.14. The molecule has 9 heteroatoms. The van der Waals surface area contributed by atoms with Gasteiger partial charge in [-0.2, -0.15) is 11.8 Å². The maximum Gasteiger partial charge on any atom is 0.333 e. The first-order chi connectivity index (χ1) is 12.6. The van der Waals surface area contributed by atoms with Crippen molar-refractivity contribution in [2.45, 2.75) is 45.6 Å². The summed E-state index contributed by atoms with van der Waals surface area (Å²) in [5, 5.41) is 0. The van der Waals surface area contributed by atoms with Gasteiger partial charge in [-0.25, -0.2) is 4.79 Å². The molecule has 0 aromatic heterocycles. The molecule has 0 aliphatic rings. The van der Waals surface area contributed by atoms with Gasteiger partial charge in [-0.15, -0.1) is 0 Å². The first-order valence-corrected chi connectivity index (χ1v) is 9.81. The van der Waals surface area contributed by atoms with E-state index in [1.807, 2.05) is 6.26 Å². The third-order valence-corrected chi connectivity index (χ3v) is 3.90. The predicted molar refractivity (Wildman–Crippen MR) is 100 cm³/mol. The largest absolute Gasteiger partial charge is 0.465 e. The zero-order valence-corrected chi connectivity index (χ0v) is 17.1. The smallest absolute Gasteiger partial charge is 0.333 e. The van der Waals surface area contributed by atoms with Gasteiger partial charge in [-0.1, -0.05) is 6.58 Å². The number of carbonyl (C=O) groups excluding carboxylic acids is 4. The highest BCUT2D eigenvalue weighted by atomic mass is 32.2. The van der Waals surface area contributed by atoms with Gasteiger partial charge in [0.15, 0.2) is 0 Å². The Morgan fingerprint density at radius 2 is 1.37 bits per heavy atom. The lowest BCUT2D eigenvalue weighted by Gasteiger charge is -2.24. The summed E-state index contributed by atoms with van der Waals surface area (Å²) in [5.74, 6) is -1.59. The molecule has 0 spiro atoms. The van der Waals surface area contributed by atoms with E-state index < -0.39 is 29.5 Å². The molecule has 0 fully saturated rings. The van der Waals surface area contributed by atoms with Gasteiger partial charge in [0.05, 0.1) is 19.3 Å². The van der Waals surface area contributed by atoms with E-state index in [4.69, 9.17) is 18.9 Å². The number of carbonyl (C=O) groups is 4. The molecule has 0 unspecified atom stereocenters. The zero-order valence-electron chi connectivity index (χ0n) is 16.3. The summed E-state index contributed by atoms with van der Waals surface area (Å²) in [6.45, 7) is 8.22. The van der Waals surface area contributed by atoms with Crippen LogP contribution >= 0.6 is 11.8 Å². The van der Waals surface area contributed by atoms with Crippen molar-refractivity contribution >= 4 is 35.6 Å². The summed E-state index contributed by atoms with van der Waals surface area (Å²) >= 11 is 1.56. The van der Waals surface area contributed by atoms with Crippen molar-refractivity contribution in [2.75, 3.05) is 31.8 Å². The Labute approximate surface area is 163 Å². The molecule has 0 aliphatic carbocycles. The van der Waals surface area contributed by atoms with Crippen LogP contribution in [0.15, 0.2) is 12.2 Å². The summed E-state index contributed by atoms with van der Waals surface area (Å²) in [6, 6.07) is 0. The number of rotatable bonds is 13. The average molecular weight is 404 g/mol. The van der Waals surface area contributed by atoms with Crippen molar-refractivity contribution < 1.29 is 38.1 Å². The molecule has 0 saturated heterocycles. The number of esters is 4. The summed E-state index contributed by atoms with van der Waals surface area (Å²) < 4.78 is 19.7. The average Bonchev–Trinajstić information content (AvgIpc) is 2.55. The minimum Gasteiger partial charge on any atom is -0.465 e. The molecule has 0 atom stereocenters. The minimum atomic E-state index is -0.614. The van der Waals surface area contributed by atoms with Crippen molar-refractivity contribution in [1.29, 1.82) is 0 Å². The molecule has 0 aromatic carbocycles. The molecular weight excluding hydrogens is 376 g/mol. The fourth-order valence-electron chi connectivity index (χ4n) is 1.75. The predicted octanol–water partition coefficient (Wildman–Crippen LogP) is 2.05. The lowest BCUT2D eigenvalue weighted by Crippen LogP contribution is -2.31. The Kier molecular flexibility index (Phi) is 12.2. The van der Waals surface area contributed by atoms with Gasteiger partial charge in [-0.05, 0) is 27.0 Å². The Hall–Kier alpha value is -2.03. The quantitative estimate of drug-likeness (QED) is 0.197. The molecule has 0 heterocycles. The number of ether oxygens (including phenoxy) is 4. The van der Waals surface area contributed by atoms with Crippen molar-refractivity contribution in [3.8, 4) is 0 Å². The third kappa shape index (κ3) is 13.8. The van der Waals surface area contributed by atoms with Gasteiger partial charge in [0.2, 0.25) is 0 Å². The topological polar surface area (TPSA) is 105 Å². The van der Waals surface area contributed by atoms with Crippen LogP contribution in [0.2, 0.25) is 0 Å². The number of hydrogen-bond acceptors (Lipinski definition) is 9. The van der Waals surface area contributed by atoms with Crippen LogP contribution in [0.1, 0.15) is 40.0 Å². The molecule has 0 aromatic rings. The highest BCUT2D eigenvalue weighted by Gasteiger charge is 2.22. The first kappa shape index (κ1) is 25.0. The van der Waals surface area contributed by atoms with E-state index in [2.05, 4.69) is 6.58 Å². The van der Waals surface area contributed by atoms with E-state index in [-0.39, 0.29) is 44.7 Å². The second kappa shape index (κ2) is 13.2. The minimum absolute atomic E-state index is 0.0535. The third-order valence-electron chi connectivity index (χ3n) is 2.91. The molecule has 0 N–H and O–H groups in total. The fourth-order valence-corrected chi connectivity index (χ4v) is 2.50. The summed E-state index contributed by atoms with van der Waals surface area (Å²) in [5.41, 5.74) is -0.330. The highest BCUT2D eigenvalue weighted by Crippen LogP contribution is 2.15. The molecule has 0 saturated carbocycles. The van der Waals surface area contributed by atoms with E-state index in [0.29, 0.717) is 5.75 Å². The molecule has 0 bridgehead atoms. The summed E-state index contributed by atoms with van der Waals surface area (Å²) in [7, 11) is 0. The van der Waals surface area contributed by atoms with Crippen LogP contribution in [-0.4, -0.2) is 61.3 Å². The lowest BCUT2D eigenvalue weighted by molar-refractivity contribution is -0.158. The van der Waals surface area contributed by atoms with Crippen LogP contribution in [0.25, 0.3) is 0 Å². The second-order valence-electron chi connectivity index (χ2n) is 6.27. The number of hydrogen-bond donors (Lipinski definition) is 0. The van der Waals surface area contributed by atoms with Crippen molar-refractivity contribution in [3.05, 3.63) is 12.2 Å². The first-order valence-electron chi connectivity index (χ1n) is 8.42. The van der Waals surface area contributed by atoms with Gasteiger partial charge in [0, 0.05) is 11.3 Å². The van der Waals surface area contributed by atoms with Gasteiger partial charge >= 0.3 is 23.9 Å². The van der Waals surface area contributed by atoms with Crippen molar-refractivity contribution in [2.24, 2.45) is 0 Å².